The molecule has 1 unspecified atom stereocenters. The van der Waals surface area contributed by atoms with Gasteiger partial charge in [0, 0.05) is 18.0 Å². The number of aliphatic carboxylic acids is 1. The number of ether oxygens (including phenoxy) is 2. The summed E-state index contributed by atoms with van der Waals surface area (Å²) in [5.41, 5.74) is 6.31. The fraction of sp³-hybridized carbons (Fsp3) is 0.367. The Morgan fingerprint density at radius 1 is 1.05 bits per heavy atom. The molecule has 4 aromatic rings. The van der Waals surface area contributed by atoms with Crippen molar-refractivity contribution in [2.45, 2.75) is 52.2 Å². The molecule has 0 amide bonds. The van der Waals surface area contributed by atoms with Gasteiger partial charge in [-0.05, 0) is 72.9 Å². The molecule has 3 aliphatic rings. The van der Waals surface area contributed by atoms with Crippen LogP contribution in [-0.4, -0.2) is 58.6 Å². The molecule has 0 aliphatic carbocycles. The molecule has 3 aliphatic heterocycles. The molecular formula is C30H32N4O7S. The molecule has 3 aromatic carbocycles. The molecule has 3 atom stereocenters. The maximum atomic E-state index is 13.3. The number of aromatic nitrogens is 3. The summed E-state index contributed by atoms with van der Waals surface area (Å²) in [5, 5.41) is 18.6. The van der Waals surface area contributed by atoms with Crippen molar-refractivity contribution in [1.29, 1.82) is 0 Å². The number of carboxylic acids is 1. The maximum Gasteiger partial charge on any atom is 0.386 e. The highest BCUT2D eigenvalue weighted by Gasteiger charge is 2.37. The summed E-state index contributed by atoms with van der Waals surface area (Å²) in [7, 11) is -4.10. The van der Waals surface area contributed by atoms with Crippen molar-refractivity contribution in [3.8, 4) is 11.5 Å². The lowest BCUT2D eigenvalue weighted by molar-refractivity contribution is -0.137. The third-order valence-electron chi connectivity index (χ3n) is 8.11. The summed E-state index contributed by atoms with van der Waals surface area (Å²) in [6.07, 6.45) is -0.146. The van der Waals surface area contributed by atoms with Crippen molar-refractivity contribution < 1.29 is 32.0 Å². The Morgan fingerprint density at radius 2 is 1.88 bits per heavy atom. The molecule has 12 heteroatoms. The number of hydrogen-bond donors (Lipinski definition) is 1. The lowest BCUT2D eigenvalue weighted by Gasteiger charge is -2.33. The van der Waals surface area contributed by atoms with Crippen molar-refractivity contribution in [2.24, 2.45) is 0 Å². The van der Waals surface area contributed by atoms with Crippen LogP contribution in [0.5, 0.6) is 11.5 Å². The molecular weight excluding hydrogens is 560 g/mol. The van der Waals surface area contributed by atoms with Gasteiger partial charge in [0.05, 0.1) is 37.7 Å². The van der Waals surface area contributed by atoms with E-state index in [1.54, 1.807) is 22.9 Å². The number of hydrogen-bond acceptors (Lipinski definition) is 8. The van der Waals surface area contributed by atoms with Crippen molar-refractivity contribution in [3.63, 3.8) is 0 Å². The van der Waals surface area contributed by atoms with E-state index in [0.29, 0.717) is 43.2 Å². The summed E-state index contributed by atoms with van der Waals surface area (Å²) < 4.78 is 46.8. The van der Waals surface area contributed by atoms with Gasteiger partial charge in [-0.1, -0.05) is 29.5 Å². The molecule has 0 fully saturated rings. The van der Waals surface area contributed by atoms with Gasteiger partial charge >= 0.3 is 16.3 Å². The van der Waals surface area contributed by atoms with E-state index in [9.17, 15) is 18.3 Å². The van der Waals surface area contributed by atoms with E-state index in [4.69, 9.17) is 13.7 Å². The van der Waals surface area contributed by atoms with Gasteiger partial charge in [0.25, 0.3) is 0 Å². The quantitative estimate of drug-likeness (QED) is 0.362. The highest BCUT2D eigenvalue weighted by Crippen LogP contribution is 2.39. The molecule has 0 saturated heterocycles. The highest BCUT2D eigenvalue weighted by molar-refractivity contribution is 7.84. The fourth-order valence-electron chi connectivity index (χ4n) is 5.85. The largest absolute Gasteiger partial charge is 0.491 e. The van der Waals surface area contributed by atoms with Gasteiger partial charge in [-0.2, -0.15) is 12.7 Å². The van der Waals surface area contributed by atoms with Gasteiger partial charge in [0.2, 0.25) is 0 Å². The SMILES string of the molecule is Cc1ccc2cc1[C@@H](C)N1Cc3cc(ccc3OS1(=O)=O)OCCOCCn1nnc3c(C)c(ccc31)[C@H]2CC(=O)O. The Hall–Kier alpha value is -4.00. The Balaban J connectivity index is 1.48. The van der Waals surface area contributed by atoms with Gasteiger partial charge in [0.1, 0.15) is 23.6 Å². The number of nitrogens with zero attached hydrogens (tertiary/aromatic N) is 4. The first-order valence-corrected chi connectivity index (χ1v) is 15.2. The molecule has 1 aromatic heterocycles. The zero-order valence-electron chi connectivity index (χ0n) is 23.6. The molecule has 1 N–H and O–H groups in total. The monoisotopic (exact) mass is 592 g/mol. The third-order valence-corrected chi connectivity index (χ3v) is 9.52. The lowest BCUT2D eigenvalue weighted by Crippen LogP contribution is -2.39. The molecule has 9 bridgehead atoms. The highest BCUT2D eigenvalue weighted by atomic mass is 32.2. The number of carbonyl (C=O) groups is 1. The van der Waals surface area contributed by atoms with E-state index in [2.05, 4.69) is 10.3 Å². The van der Waals surface area contributed by atoms with Crippen LogP contribution in [0, 0.1) is 13.8 Å². The van der Waals surface area contributed by atoms with E-state index in [0.717, 1.165) is 33.3 Å². The lowest BCUT2D eigenvalue weighted by atomic mass is 9.83. The first-order valence-electron chi connectivity index (χ1n) is 13.8. The second-order valence-electron chi connectivity index (χ2n) is 10.7. The molecule has 42 heavy (non-hydrogen) atoms. The number of carboxylic acid groups (broad SMARTS) is 1. The topological polar surface area (TPSA) is 133 Å². The Bertz CT molecular complexity index is 1790. The summed E-state index contributed by atoms with van der Waals surface area (Å²) in [6.45, 7) is 7.32. The van der Waals surface area contributed by atoms with Crippen LogP contribution in [-0.2, 0) is 32.9 Å². The first-order chi connectivity index (χ1) is 20.1. The molecule has 11 nitrogen and oxygen atoms in total. The van der Waals surface area contributed by atoms with Crippen molar-refractivity contribution in [3.05, 3.63) is 81.9 Å². The number of aryl methyl sites for hydroxylation is 2. The summed E-state index contributed by atoms with van der Waals surface area (Å²) in [6, 6.07) is 14.1. The van der Waals surface area contributed by atoms with Crippen molar-refractivity contribution >= 4 is 27.3 Å². The minimum atomic E-state index is -4.10. The first kappa shape index (κ1) is 28.1. The van der Waals surface area contributed by atoms with Gasteiger partial charge in [-0.25, -0.2) is 4.68 Å². The van der Waals surface area contributed by atoms with E-state index in [1.165, 1.54) is 4.31 Å². The van der Waals surface area contributed by atoms with E-state index in [1.807, 2.05) is 51.1 Å². The van der Waals surface area contributed by atoms with Crippen LogP contribution in [0.1, 0.15) is 58.7 Å². The number of benzene rings is 3. The smallest absolute Gasteiger partial charge is 0.386 e. The normalized spacial score (nSPS) is 21.9. The Labute approximate surface area is 243 Å². The average Bonchev–Trinajstić information content (AvgIpc) is 3.36. The number of fused-ring (bicyclic) bond motifs is 6. The van der Waals surface area contributed by atoms with E-state index >= 15 is 0 Å². The molecule has 4 heterocycles. The van der Waals surface area contributed by atoms with E-state index < -0.39 is 28.2 Å². The van der Waals surface area contributed by atoms with Crippen molar-refractivity contribution in [1.82, 2.24) is 19.3 Å². The second-order valence-corrected chi connectivity index (χ2v) is 12.2. The standard InChI is InChI=1S/C30H32N4O7S/c1-18-4-5-21-15-25(18)20(3)34-17-22-14-23(6-9-28(22)41-42(34,37)38)40-13-12-39-11-10-33-27-8-7-24(26(21)16-29(35)36)19(2)30(27)31-32-33/h4-9,14-15,20,26H,10-13,16-17H2,1-3H3,(H,35,36)/t20-,26+/m1/s1. The minimum absolute atomic E-state index is 0.0968. The van der Waals surface area contributed by atoms with E-state index in [-0.39, 0.29) is 18.7 Å². The van der Waals surface area contributed by atoms with Crippen LogP contribution in [0.4, 0.5) is 0 Å². The molecule has 0 radical (unpaired) electrons. The summed E-state index contributed by atoms with van der Waals surface area (Å²) in [5.74, 6) is -0.578. The van der Waals surface area contributed by atoms with Crippen LogP contribution in [0.25, 0.3) is 11.0 Å². The van der Waals surface area contributed by atoms with Crippen LogP contribution in [0.3, 0.4) is 0 Å². The molecule has 220 valence electrons. The zero-order valence-corrected chi connectivity index (χ0v) is 24.4. The van der Waals surface area contributed by atoms with Gasteiger partial charge in [-0.3, -0.25) is 4.79 Å². The maximum absolute atomic E-state index is 13.3. The van der Waals surface area contributed by atoms with Gasteiger partial charge < -0.3 is 18.8 Å². The van der Waals surface area contributed by atoms with Crippen LogP contribution in [0.2, 0.25) is 0 Å². The molecule has 0 saturated carbocycles. The second kappa shape index (κ2) is 11.0. The van der Waals surface area contributed by atoms with Crippen molar-refractivity contribution in [2.75, 3.05) is 19.8 Å². The third kappa shape index (κ3) is 5.21. The number of rotatable bonds is 2. The molecule has 7 rings (SSSR count). The predicted octanol–water partition coefficient (Wildman–Crippen LogP) is 4.26. The van der Waals surface area contributed by atoms with Gasteiger partial charge in [-0.15, -0.1) is 5.10 Å². The summed E-state index contributed by atoms with van der Waals surface area (Å²) >= 11 is 0. The van der Waals surface area contributed by atoms with Gasteiger partial charge in [0.15, 0.2) is 0 Å². The Morgan fingerprint density at radius 3 is 2.69 bits per heavy atom. The van der Waals surface area contributed by atoms with Crippen LogP contribution < -0.4 is 8.92 Å². The summed E-state index contributed by atoms with van der Waals surface area (Å²) in [4.78, 5) is 12.1. The Kier molecular flexibility index (Phi) is 7.37. The average molecular weight is 593 g/mol. The minimum Gasteiger partial charge on any atom is -0.491 e. The fourth-order valence-corrected chi connectivity index (χ4v) is 7.13. The van der Waals surface area contributed by atoms with Crippen LogP contribution >= 0.6 is 0 Å². The van der Waals surface area contributed by atoms with Crippen LogP contribution in [0.15, 0.2) is 48.5 Å². The molecule has 0 spiro atoms. The zero-order chi connectivity index (χ0) is 29.6. The predicted molar refractivity (Wildman–Crippen MR) is 154 cm³/mol.